The predicted octanol–water partition coefficient (Wildman–Crippen LogP) is 5.01. The van der Waals surface area contributed by atoms with E-state index >= 15 is 0 Å². The molecule has 0 saturated carbocycles. The van der Waals surface area contributed by atoms with Gasteiger partial charge < -0.3 is 19.5 Å². The van der Waals surface area contributed by atoms with Gasteiger partial charge in [0.2, 0.25) is 5.91 Å². The van der Waals surface area contributed by atoms with Crippen LogP contribution in [0.4, 0.5) is 5.69 Å². The summed E-state index contributed by atoms with van der Waals surface area (Å²) in [7, 11) is 3.13. The van der Waals surface area contributed by atoms with Crippen LogP contribution in [0.3, 0.4) is 0 Å². The quantitative estimate of drug-likeness (QED) is 0.515. The molecule has 1 N–H and O–H groups in total. The third kappa shape index (κ3) is 5.39. The molecule has 0 bridgehead atoms. The molecular formula is C23H24N2O4S. The van der Waals surface area contributed by atoms with Crippen molar-refractivity contribution in [3.63, 3.8) is 0 Å². The van der Waals surface area contributed by atoms with Gasteiger partial charge in [0.05, 0.1) is 24.9 Å². The average Bonchev–Trinajstić information content (AvgIpc) is 3.17. The molecule has 0 aliphatic rings. The number of thiazole rings is 1. The molecule has 3 rings (SSSR count). The standard InChI is InChI=1S/C23H24N2O4S/c1-15-11-21(27-3)22(28-4)12-19(15)25-23(26)10-9-17-7-5-6-8-20(17)29-13-18-14-30-16(2)24-18/h5-12,14H,13H2,1-4H3,(H,25,26)/b10-9+. The molecule has 0 aliphatic heterocycles. The molecule has 0 saturated heterocycles. The lowest BCUT2D eigenvalue weighted by Gasteiger charge is -2.13. The topological polar surface area (TPSA) is 69.7 Å². The fourth-order valence-electron chi connectivity index (χ4n) is 2.83. The number of methoxy groups -OCH3 is 2. The second-order valence-electron chi connectivity index (χ2n) is 6.53. The van der Waals surface area contributed by atoms with Gasteiger partial charge in [0.1, 0.15) is 12.4 Å². The van der Waals surface area contributed by atoms with Crippen molar-refractivity contribution in [2.24, 2.45) is 0 Å². The Morgan fingerprint density at radius 2 is 1.83 bits per heavy atom. The van der Waals surface area contributed by atoms with E-state index in [4.69, 9.17) is 14.2 Å². The van der Waals surface area contributed by atoms with Crippen molar-refractivity contribution in [2.45, 2.75) is 20.5 Å². The second-order valence-corrected chi connectivity index (χ2v) is 7.59. The van der Waals surface area contributed by atoms with E-state index in [9.17, 15) is 4.79 Å². The Hall–Kier alpha value is -3.32. The van der Waals surface area contributed by atoms with Crippen LogP contribution in [0.2, 0.25) is 0 Å². The minimum atomic E-state index is -0.254. The lowest BCUT2D eigenvalue weighted by Crippen LogP contribution is -2.09. The summed E-state index contributed by atoms with van der Waals surface area (Å²) >= 11 is 1.59. The van der Waals surface area contributed by atoms with Crippen molar-refractivity contribution in [2.75, 3.05) is 19.5 Å². The molecule has 0 spiro atoms. The summed E-state index contributed by atoms with van der Waals surface area (Å²) in [5, 5.41) is 5.86. The van der Waals surface area contributed by atoms with Crippen LogP contribution in [-0.4, -0.2) is 25.1 Å². The summed E-state index contributed by atoms with van der Waals surface area (Å²) in [6, 6.07) is 11.1. The lowest BCUT2D eigenvalue weighted by molar-refractivity contribution is -0.111. The number of anilines is 1. The Morgan fingerprint density at radius 1 is 1.10 bits per heavy atom. The maximum absolute atomic E-state index is 12.5. The van der Waals surface area contributed by atoms with Crippen LogP contribution in [0, 0.1) is 13.8 Å². The Morgan fingerprint density at radius 3 is 2.53 bits per heavy atom. The number of hydrogen-bond donors (Lipinski definition) is 1. The predicted molar refractivity (Wildman–Crippen MR) is 120 cm³/mol. The van der Waals surface area contributed by atoms with Crippen LogP contribution in [0.15, 0.2) is 47.9 Å². The van der Waals surface area contributed by atoms with Crippen molar-refractivity contribution in [3.8, 4) is 17.2 Å². The molecule has 30 heavy (non-hydrogen) atoms. The average molecular weight is 425 g/mol. The first-order chi connectivity index (χ1) is 14.5. The van der Waals surface area contributed by atoms with Crippen LogP contribution < -0.4 is 19.5 Å². The fourth-order valence-corrected chi connectivity index (χ4v) is 3.43. The fraction of sp³-hybridized carbons (Fsp3) is 0.217. The van der Waals surface area contributed by atoms with E-state index in [1.54, 1.807) is 37.7 Å². The highest BCUT2D eigenvalue weighted by Crippen LogP contribution is 2.33. The van der Waals surface area contributed by atoms with E-state index in [1.165, 1.54) is 6.08 Å². The summed E-state index contributed by atoms with van der Waals surface area (Å²) in [5.74, 6) is 1.60. The lowest BCUT2D eigenvalue weighted by atomic mass is 10.1. The van der Waals surface area contributed by atoms with Crippen molar-refractivity contribution in [3.05, 3.63) is 69.7 Å². The summed E-state index contributed by atoms with van der Waals surface area (Å²) < 4.78 is 16.5. The summed E-state index contributed by atoms with van der Waals surface area (Å²) in [5.41, 5.74) is 3.23. The number of nitrogens with zero attached hydrogens (tertiary/aromatic N) is 1. The normalized spacial score (nSPS) is 10.8. The van der Waals surface area contributed by atoms with Crippen molar-refractivity contribution >= 4 is 29.0 Å². The number of aryl methyl sites for hydroxylation is 2. The number of nitrogens with one attached hydrogen (secondary N) is 1. The zero-order chi connectivity index (χ0) is 21.5. The number of rotatable bonds is 8. The van der Waals surface area contributed by atoms with E-state index in [0.29, 0.717) is 29.5 Å². The van der Waals surface area contributed by atoms with Gasteiger partial charge in [-0.1, -0.05) is 18.2 Å². The molecule has 0 atom stereocenters. The van der Waals surface area contributed by atoms with Crippen molar-refractivity contribution in [1.82, 2.24) is 4.98 Å². The van der Waals surface area contributed by atoms with Crippen LogP contribution in [-0.2, 0) is 11.4 Å². The number of amides is 1. The van der Waals surface area contributed by atoms with Crippen LogP contribution in [0.1, 0.15) is 21.8 Å². The largest absolute Gasteiger partial charge is 0.493 e. The zero-order valence-corrected chi connectivity index (χ0v) is 18.2. The Kier molecular flexibility index (Phi) is 7.08. The number of hydrogen-bond acceptors (Lipinski definition) is 6. The van der Waals surface area contributed by atoms with Gasteiger partial charge in [-0.05, 0) is 37.6 Å². The first-order valence-corrected chi connectivity index (χ1v) is 10.2. The molecular weight excluding hydrogens is 400 g/mol. The highest BCUT2D eigenvalue weighted by molar-refractivity contribution is 7.09. The first kappa shape index (κ1) is 21.4. The maximum atomic E-state index is 12.5. The minimum absolute atomic E-state index is 0.254. The Labute approximate surface area is 180 Å². The molecule has 3 aromatic rings. The van der Waals surface area contributed by atoms with Gasteiger partial charge in [-0.15, -0.1) is 11.3 Å². The second kappa shape index (κ2) is 9.93. The summed E-state index contributed by atoms with van der Waals surface area (Å²) in [4.78, 5) is 16.9. The highest BCUT2D eigenvalue weighted by Gasteiger charge is 2.10. The zero-order valence-electron chi connectivity index (χ0n) is 17.4. The molecule has 2 aromatic carbocycles. The number of carbonyl (C=O) groups excluding carboxylic acids is 1. The first-order valence-electron chi connectivity index (χ1n) is 9.34. The van der Waals surface area contributed by atoms with Gasteiger partial charge in [0.15, 0.2) is 11.5 Å². The molecule has 1 aromatic heterocycles. The molecule has 1 amide bonds. The van der Waals surface area contributed by atoms with Crippen LogP contribution in [0.5, 0.6) is 17.2 Å². The van der Waals surface area contributed by atoms with Gasteiger partial charge in [-0.25, -0.2) is 4.98 Å². The molecule has 0 unspecified atom stereocenters. The highest BCUT2D eigenvalue weighted by atomic mass is 32.1. The van der Waals surface area contributed by atoms with Gasteiger partial charge in [-0.3, -0.25) is 4.79 Å². The maximum Gasteiger partial charge on any atom is 0.248 e. The minimum Gasteiger partial charge on any atom is -0.493 e. The molecule has 1 heterocycles. The number of aromatic nitrogens is 1. The van der Waals surface area contributed by atoms with Crippen LogP contribution >= 0.6 is 11.3 Å². The SMILES string of the molecule is COc1cc(C)c(NC(=O)/C=C/c2ccccc2OCc2csc(C)n2)cc1OC. The van der Waals surface area contributed by atoms with E-state index in [0.717, 1.165) is 21.8 Å². The van der Waals surface area contributed by atoms with Crippen molar-refractivity contribution in [1.29, 1.82) is 0 Å². The van der Waals surface area contributed by atoms with Crippen LogP contribution in [0.25, 0.3) is 6.08 Å². The molecule has 7 heteroatoms. The van der Waals surface area contributed by atoms with Gasteiger partial charge in [0, 0.05) is 28.8 Å². The van der Waals surface area contributed by atoms with Gasteiger partial charge in [-0.2, -0.15) is 0 Å². The van der Waals surface area contributed by atoms with E-state index in [-0.39, 0.29) is 5.91 Å². The molecule has 0 fully saturated rings. The van der Waals surface area contributed by atoms with E-state index in [1.807, 2.05) is 49.6 Å². The van der Waals surface area contributed by atoms with Gasteiger partial charge >= 0.3 is 0 Å². The third-order valence-corrected chi connectivity index (χ3v) is 5.19. The smallest absolute Gasteiger partial charge is 0.248 e. The van der Waals surface area contributed by atoms with E-state index < -0.39 is 0 Å². The molecule has 0 radical (unpaired) electrons. The molecule has 0 aliphatic carbocycles. The number of benzene rings is 2. The van der Waals surface area contributed by atoms with Gasteiger partial charge in [0.25, 0.3) is 0 Å². The monoisotopic (exact) mass is 424 g/mol. The summed E-state index contributed by atoms with van der Waals surface area (Å²) in [6.45, 7) is 4.24. The molecule has 6 nitrogen and oxygen atoms in total. The van der Waals surface area contributed by atoms with Crippen molar-refractivity contribution < 1.29 is 19.0 Å². The summed E-state index contributed by atoms with van der Waals surface area (Å²) in [6.07, 6.45) is 3.21. The Balaban J connectivity index is 1.69. The number of carbonyl (C=O) groups is 1. The molecule has 156 valence electrons. The third-order valence-electron chi connectivity index (χ3n) is 4.36. The number of ether oxygens (including phenoxy) is 3. The number of para-hydroxylation sites is 1. The Bertz CT molecular complexity index is 1060. The van der Waals surface area contributed by atoms with E-state index in [2.05, 4.69) is 10.3 Å².